The van der Waals surface area contributed by atoms with Gasteiger partial charge in [-0.1, -0.05) is 30.3 Å². The molecule has 5 rings (SSSR count). The predicted molar refractivity (Wildman–Crippen MR) is 129 cm³/mol. The smallest absolute Gasteiger partial charge is 0.246 e. The predicted octanol–water partition coefficient (Wildman–Crippen LogP) is 5.25. The third kappa shape index (κ3) is 4.53. The highest BCUT2D eigenvalue weighted by Crippen LogP contribution is 2.33. The molecule has 1 saturated heterocycles. The fraction of sp³-hybridized carbons (Fsp3) is 0.200. The number of piperidine rings is 1. The molecule has 1 N–H and O–H groups in total. The second kappa shape index (κ2) is 9.28. The molecule has 1 aromatic carbocycles. The molecule has 4 aromatic rings. The largest absolute Gasteiger partial charge is 0.339 e. The van der Waals surface area contributed by atoms with E-state index in [1.165, 1.54) is 0 Å². The monoisotopic (exact) mass is 441 g/mol. The van der Waals surface area contributed by atoms with Crippen molar-refractivity contribution in [1.29, 1.82) is 0 Å². The third-order valence-corrected chi connectivity index (χ3v) is 6.43. The minimum Gasteiger partial charge on any atom is -0.339 e. The quantitative estimate of drug-likeness (QED) is 0.428. The Morgan fingerprint density at radius 2 is 2.00 bits per heavy atom. The Kier molecular flexibility index (Phi) is 5.89. The van der Waals surface area contributed by atoms with E-state index in [2.05, 4.69) is 39.6 Å². The lowest BCUT2D eigenvalue weighted by Gasteiger charge is -2.31. The molecule has 0 saturated carbocycles. The molecule has 0 bridgehead atoms. The number of rotatable bonds is 5. The van der Waals surface area contributed by atoms with Crippen LogP contribution in [0.25, 0.3) is 16.8 Å². The maximum absolute atomic E-state index is 12.6. The van der Waals surface area contributed by atoms with Crippen molar-refractivity contribution in [2.75, 3.05) is 18.4 Å². The molecule has 0 atom stereocenters. The average molecular weight is 442 g/mol. The van der Waals surface area contributed by atoms with E-state index < -0.39 is 0 Å². The van der Waals surface area contributed by atoms with Crippen molar-refractivity contribution in [3.8, 4) is 0 Å². The molecule has 0 spiro atoms. The summed E-state index contributed by atoms with van der Waals surface area (Å²) in [7, 11) is 0. The summed E-state index contributed by atoms with van der Waals surface area (Å²) in [6.07, 6.45) is 10.5. The van der Waals surface area contributed by atoms with Crippen molar-refractivity contribution >= 4 is 45.0 Å². The molecular formula is C25H23N5OS. The van der Waals surface area contributed by atoms with Gasteiger partial charge in [0.1, 0.15) is 5.82 Å². The third-order valence-electron chi connectivity index (χ3n) is 5.75. The van der Waals surface area contributed by atoms with Gasteiger partial charge in [-0.15, -0.1) is 11.3 Å². The fourth-order valence-electron chi connectivity index (χ4n) is 4.05. The van der Waals surface area contributed by atoms with E-state index in [0.29, 0.717) is 5.92 Å². The lowest BCUT2D eigenvalue weighted by atomic mass is 9.92. The van der Waals surface area contributed by atoms with Gasteiger partial charge in [-0.05, 0) is 42.0 Å². The normalized spacial score (nSPS) is 14.8. The van der Waals surface area contributed by atoms with E-state index >= 15 is 0 Å². The van der Waals surface area contributed by atoms with Crippen LogP contribution in [-0.4, -0.2) is 38.8 Å². The summed E-state index contributed by atoms with van der Waals surface area (Å²) in [5.74, 6) is 1.21. The van der Waals surface area contributed by atoms with Crippen LogP contribution in [0.2, 0.25) is 0 Å². The topological polar surface area (TPSA) is 71.0 Å². The number of hydrogen-bond acceptors (Lipinski definition) is 6. The standard InChI is InChI=1S/C25H23N5OS/c31-23(8-7-18-4-3-11-26-17-18)30-13-9-19(10-14-30)22-16-20-5-1-2-6-21(20)24(28-22)29-25-27-12-15-32-25/h1-8,11-12,15-17,19H,9-10,13-14H2,(H,27,28,29)/b8-7+. The van der Waals surface area contributed by atoms with E-state index in [-0.39, 0.29) is 5.91 Å². The summed E-state index contributed by atoms with van der Waals surface area (Å²) in [5, 5.41) is 8.41. The average Bonchev–Trinajstić information content (AvgIpc) is 3.36. The first-order valence-electron chi connectivity index (χ1n) is 10.7. The first-order valence-corrected chi connectivity index (χ1v) is 11.6. The second-order valence-electron chi connectivity index (χ2n) is 7.80. The van der Waals surface area contributed by atoms with E-state index in [1.807, 2.05) is 34.6 Å². The van der Waals surface area contributed by atoms with Gasteiger partial charge in [-0.2, -0.15) is 0 Å². The number of thiazole rings is 1. The number of benzene rings is 1. The number of likely N-dealkylation sites (tertiary alicyclic amines) is 1. The number of hydrogen-bond donors (Lipinski definition) is 1. The number of pyridine rings is 2. The van der Waals surface area contributed by atoms with Gasteiger partial charge >= 0.3 is 0 Å². The number of carbonyl (C=O) groups excluding carboxylic acids is 1. The number of nitrogens with zero attached hydrogens (tertiary/aromatic N) is 4. The molecule has 32 heavy (non-hydrogen) atoms. The molecular weight excluding hydrogens is 418 g/mol. The molecule has 3 aromatic heterocycles. The first-order chi connectivity index (χ1) is 15.8. The van der Waals surface area contributed by atoms with Crippen LogP contribution in [0.15, 0.2) is 72.5 Å². The van der Waals surface area contributed by atoms with Crippen molar-refractivity contribution in [2.45, 2.75) is 18.8 Å². The van der Waals surface area contributed by atoms with Crippen molar-refractivity contribution in [2.24, 2.45) is 0 Å². The van der Waals surface area contributed by atoms with Crippen LogP contribution < -0.4 is 5.32 Å². The van der Waals surface area contributed by atoms with Gasteiger partial charge in [-0.3, -0.25) is 9.78 Å². The van der Waals surface area contributed by atoms with E-state index in [4.69, 9.17) is 4.98 Å². The minimum atomic E-state index is 0.0462. The van der Waals surface area contributed by atoms with E-state index in [1.54, 1.807) is 36.0 Å². The number of nitrogens with one attached hydrogen (secondary N) is 1. The number of fused-ring (bicyclic) bond motifs is 1. The molecule has 1 aliphatic rings. The SMILES string of the molecule is O=C(/C=C/c1cccnc1)N1CCC(c2cc3ccccc3c(Nc3nccs3)n2)CC1. The second-order valence-corrected chi connectivity index (χ2v) is 8.69. The van der Waals surface area contributed by atoms with Crippen LogP contribution >= 0.6 is 11.3 Å². The molecule has 1 fully saturated rings. The van der Waals surface area contributed by atoms with Crippen LogP contribution in [0.5, 0.6) is 0 Å². The molecule has 0 unspecified atom stereocenters. The van der Waals surface area contributed by atoms with Crippen LogP contribution in [0.3, 0.4) is 0 Å². The summed E-state index contributed by atoms with van der Waals surface area (Å²) in [6.45, 7) is 1.45. The number of aromatic nitrogens is 3. The molecule has 7 heteroatoms. The van der Waals surface area contributed by atoms with E-state index in [0.717, 1.165) is 58.9 Å². The summed E-state index contributed by atoms with van der Waals surface area (Å²) in [4.78, 5) is 27.9. The molecule has 4 heterocycles. The van der Waals surface area contributed by atoms with Crippen molar-refractivity contribution in [3.63, 3.8) is 0 Å². The minimum absolute atomic E-state index is 0.0462. The maximum atomic E-state index is 12.6. The van der Waals surface area contributed by atoms with Crippen LogP contribution in [0, 0.1) is 0 Å². The zero-order valence-corrected chi connectivity index (χ0v) is 18.3. The van der Waals surface area contributed by atoms with Gasteiger partial charge in [0.2, 0.25) is 5.91 Å². The van der Waals surface area contributed by atoms with Crippen LogP contribution in [0.4, 0.5) is 10.9 Å². The number of amides is 1. The summed E-state index contributed by atoms with van der Waals surface area (Å²) in [6, 6.07) is 14.3. The Morgan fingerprint density at radius 3 is 2.78 bits per heavy atom. The zero-order valence-electron chi connectivity index (χ0n) is 17.5. The van der Waals surface area contributed by atoms with Gasteiger partial charge in [0.15, 0.2) is 5.13 Å². The Morgan fingerprint density at radius 1 is 1.12 bits per heavy atom. The lowest BCUT2D eigenvalue weighted by Crippen LogP contribution is -2.37. The molecule has 1 aliphatic heterocycles. The summed E-state index contributed by atoms with van der Waals surface area (Å²) < 4.78 is 0. The van der Waals surface area contributed by atoms with Crippen molar-refractivity contribution < 1.29 is 4.79 Å². The van der Waals surface area contributed by atoms with Gasteiger partial charge in [0.25, 0.3) is 0 Å². The first kappa shape index (κ1) is 20.3. The molecule has 160 valence electrons. The summed E-state index contributed by atoms with van der Waals surface area (Å²) in [5.41, 5.74) is 2.00. The molecule has 0 radical (unpaired) electrons. The van der Waals surface area contributed by atoms with Gasteiger partial charge in [-0.25, -0.2) is 9.97 Å². The highest BCUT2D eigenvalue weighted by molar-refractivity contribution is 7.13. The van der Waals surface area contributed by atoms with Crippen molar-refractivity contribution in [1.82, 2.24) is 19.9 Å². The molecule has 0 aliphatic carbocycles. The van der Waals surface area contributed by atoms with Gasteiger partial charge < -0.3 is 10.2 Å². The number of carbonyl (C=O) groups is 1. The fourth-order valence-corrected chi connectivity index (χ4v) is 4.58. The van der Waals surface area contributed by atoms with Gasteiger partial charge in [0, 0.05) is 60.1 Å². The summed E-state index contributed by atoms with van der Waals surface area (Å²) >= 11 is 1.56. The molecule has 6 nitrogen and oxygen atoms in total. The highest BCUT2D eigenvalue weighted by Gasteiger charge is 2.24. The van der Waals surface area contributed by atoms with Gasteiger partial charge in [0.05, 0.1) is 0 Å². The zero-order chi connectivity index (χ0) is 21.8. The maximum Gasteiger partial charge on any atom is 0.246 e. The Labute approximate surface area is 190 Å². The number of anilines is 2. The Hall–Kier alpha value is -3.58. The Balaban J connectivity index is 1.30. The van der Waals surface area contributed by atoms with Crippen LogP contribution in [0.1, 0.15) is 30.0 Å². The van der Waals surface area contributed by atoms with Crippen LogP contribution in [-0.2, 0) is 4.79 Å². The van der Waals surface area contributed by atoms with Crippen molar-refractivity contribution in [3.05, 3.63) is 83.8 Å². The lowest BCUT2D eigenvalue weighted by molar-refractivity contribution is -0.126. The Bertz CT molecular complexity index is 1230. The molecule has 1 amide bonds. The van der Waals surface area contributed by atoms with E-state index in [9.17, 15) is 4.79 Å². The highest BCUT2D eigenvalue weighted by atomic mass is 32.1.